The first-order chi connectivity index (χ1) is 9.72. The minimum atomic E-state index is 0.0634. The van der Waals surface area contributed by atoms with Crippen LogP contribution < -0.4 is 0 Å². The zero-order chi connectivity index (χ0) is 14.0. The number of rotatable bonds is 3. The van der Waals surface area contributed by atoms with E-state index in [0.29, 0.717) is 12.3 Å². The molecule has 2 aliphatic rings. The molecule has 3 rings (SSSR count). The van der Waals surface area contributed by atoms with Crippen LogP contribution in [0.15, 0.2) is 10.9 Å². The molecule has 1 unspecified atom stereocenters. The van der Waals surface area contributed by atoms with Crippen molar-refractivity contribution < 1.29 is 14.3 Å². The van der Waals surface area contributed by atoms with E-state index < -0.39 is 0 Å². The summed E-state index contributed by atoms with van der Waals surface area (Å²) in [4.78, 5) is 18.3. The number of likely N-dealkylation sites (tertiary alicyclic amines) is 1. The van der Waals surface area contributed by atoms with Gasteiger partial charge in [-0.25, -0.2) is 4.98 Å². The van der Waals surface area contributed by atoms with Gasteiger partial charge < -0.3 is 14.4 Å². The predicted molar refractivity (Wildman–Crippen MR) is 75.9 cm³/mol. The third kappa shape index (κ3) is 2.73. The lowest BCUT2D eigenvalue weighted by molar-refractivity contribution is 0.0280. The van der Waals surface area contributed by atoms with Crippen molar-refractivity contribution in [2.24, 2.45) is 5.41 Å². The summed E-state index contributed by atoms with van der Waals surface area (Å²) in [7, 11) is 1.71. The third-order valence-corrected chi connectivity index (χ3v) is 4.99. The zero-order valence-electron chi connectivity index (χ0n) is 11.7. The number of carbonyl (C=O) groups excluding carboxylic acids is 1. The number of ether oxygens (including phenoxy) is 2. The molecule has 1 spiro atoms. The van der Waals surface area contributed by atoms with Gasteiger partial charge in [-0.2, -0.15) is 0 Å². The number of aromatic nitrogens is 1. The fourth-order valence-corrected chi connectivity index (χ4v) is 3.73. The first kappa shape index (κ1) is 14.0. The Morgan fingerprint density at radius 2 is 2.40 bits per heavy atom. The van der Waals surface area contributed by atoms with E-state index in [-0.39, 0.29) is 17.4 Å². The maximum atomic E-state index is 12.2. The van der Waals surface area contributed by atoms with Crippen LogP contribution in [0.1, 0.15) is 29.8 Å². The van der Waals surface area contributed by atoms with E-state index in [1.54, 1.807) is 12.6 Å². The molecule has 1 amide bonds. The Hall–Kier alpha value is -0.980. The van der Waals surface area contributed by atoms with Crippen molar-refractivity contribution in [2.45, 2.75) is 25.4 Å². The first-order valence-electron chi connectivity index (χ1n) is 7.00. The highest BCUT2D eigenvalue weighted by Gasteiger charge is 2.43. The van der Waals surface area contributed by atoms with Crippen LogP contribution in [0.5, 0.6) is 0 Å². The molecule has 0 radical (unpaired) electrons. The van der Waals surface area contributed by atoms with Crippen molar-refractivity contribution in [1.29, 1.82) is 0 Å². The molecule has 1 aromatic heterocycles. The summed E-state index contributed by atoms with van der Waals surface area (Å²) in [5, 5.41) is 1.82. The summed E-state index contributed by atoms with van der Waals surface area (Å²) >= 11 is 1.46. The molecule has 3 heterocycles. The van der Waals surface area contributed by atoms with Crippen molar-refractivity contribution in [3.05, 3.63) is 16.6 Å². The second kappa shape index (κ2) is 5.79. The summed E-state index contributed by atoms with van der Waals surface area (Å²) in [6.07, 6.45) is 3.31. The van der Waals surface area contributed by atoms with Crippen LogP contribution in [0.2, 0.25) is 0 Å². The van der Waals surface area contributed by atoms with E-state index in [4.69, 9.17) is 9.47 Å². The standard InChI is InChI=1S/C14H20N2O3S/c1-18-7-11-6-14(9-19-11)2-4-16(5-3-14)13(17)12-8-20-10-15-12/h8,10-11H,2-7,9H2,1H3. The van der Waals surface area contributed by atoms with Crippen molar-refractivity contribution in [3.8, 4) is 0 Å². The molecule has 0 bridgehead atoms. The SMILES string of the molecule is COCC1CC2(CCN(C(=O)c3cscn3)CC2)CO1. The Kier molecular flexibility index (Phi) is 4.05. The van der Waals surface area contributed by atoms with Crippen LogP contribution in [-0.2, 0) is 9.47 Å². The molecule has 5 nitrogen and oxygen atoms in total. The van der Waals surface area contributed by atoms with Crippen molar-refractivity contribution in [2.75, 3.05) is 33.4 Å². The summed E-state index contributed by atoms with van der Waals surface area (Å²) in [5.41, 5.74) is 2.53. The lowest BCUT2D eigenvalue weighted by atomic mass is 9.76. The van der Waals surface area contributed by atoms with Gasteiger partial charge in [-0.3, -0.25) is 4.79 Å². The molecule has 20 heavy (non-hydrogen) atoms. The lowest BCUT2D eigenvalue weighted by Crippen LogP contribution is -2.43. The molecule has 2 fully saturated rings. The Labute approximate surface area is 122 Å². The number of piperidine rings is 1. The lowest BCUT2D eigenvalue weighted by Gasteiger charge is -2.38. The molecule has 0 aromatic carbocycles. The van der Waals surface area contributed by atoms with Gasteiger partial charge in [-0.1, -0.05) is 0 Å². The van der Waals surface area contributed by atoms with E-state index in [1.165, 1.54) is 11.3 Å². The highest BCUT2D eigenvalue weighted by molar-refractivity contribution is 7.07. The maximum absolute atomic E-state index is 12.2. The van der Waals surface area contributed by atoms with Crippen molar-refractivity contribution in [1.82, 2.24) is 9.88 Å². The van der Waals surface area contributed by atoms with Gasteiger partial charge in [0.15, 0.2) is 0 Å². The second-order valence-corrected chi connectivity index (χ2v) is 6.48. The van der Waals surface area contributed by atoms with Crippen LogP contribution in [0, 0.1) is 5.41 Å². The normalized spacial score (nSPS) is 25.2. The van der Waals surface area contributed by atoms with E-state index in [9.17, 15) is 4.79 Å². The molecule has 1 aromatic rings. The summed E-state index contributed by atoms with van der Waals surface area (Å²) in [5.74, 6) is 0.0634. The topological polar surface area (TPSA) is 51.7 Å². The average Bonchev–Trinajstić information content (AvgIpc) is 3.10. The number of methoxy groups -OCH3 is 1. The summed E-state index contributed by atoms with van der Waals surface area (Å²) in [6.45, 7) is 3.09. The van der Waals surface area contributed by atoms with Crippen LogP contribution >= 0.6 is 11.3 Å². The zero-order valence-corrected chi connectivity index (χ0v) is 12.5. The number of nitrogens with zero attached hydrogens (tertiary/aromatic N) is 2. The van der Waals surface area contributed by atoms with Gasteiger partial charge in [-0.15, -0.1) is 11.3 Å². The van der Waals surface area contributed by atoms with Crippen LogP contribution in [0.25, 0.3) is 0 Å². The highest BCUT2D eigenvalue weighted by Crippen LogP contribution is 2.42. The number of thiazole rings is 1. The third-order valence-electron chi connectivity index (χ3n) is 4.40. The molecule has 6 heteroatoms. The second-order valence-electron chi connectivity index (χ2n) is 5.76. The minimum absolute atomic E-state index is 0.0634. The number of carbonyl (C=O) groups is 1. The largest absolute Gasteiger partial charge is 0.382 e. The molecular weight excluding hydrogens is 276 g/mol. The fraction of sp³-hybridized carbons (Fsp3) is 0.714. The van der Waals surface area contributed by atoms with Crippen molar-refractivity contribution >= 4 is 17.2 Å². The predicted octanol–water partition coefficient (Wildman–Crippen LogP) is 1.80. The molecule has 1 atom stereocenters. The minimum Gasteiger partial charge on any atom is -0.382 e. The van der Waals surface area contributed by atoms with Crippen LogP contribution in [-0.4, -0.2) is 55.3 Å². The van der Waals surface area contributed by atoms with Gasteiger partial charge in [-0.05, 0) is 24.7 Å². The van der Waals surface area contributed by atoms with E-state index in [2.05, 4.69) is 4.98 Å². The molecule has 2 aliphatic heterocycles. The maximum Gasteiger partial charge on any atom is 0.273 e. The van der Waals surface area contributed by atoms with E-state index in [1.807, 2.05) is 10.3 Å². The van der Waals surface area contributed by atoms with Gasteiger partial charge in [0.25, 0.3) is 5.91 Å². The van der Waals surface area contributed by atoms with Crippen molar-refractivity contribution in [3.63, 3.8) is 0 Å². The molecular formula is C14H20N2O3S. The van der Waals surface area contributed by atoms with Crippen LogP contribution in [0.3, 0.4) is 0 Å². The summed E-state index contributed by atoms with van der Waals surface area (Å²) < 4.78 is 11.0. The summed E-state index contributed by atoms with van der Waals surface area (Å²) in [6, 6.07) is 0. The van der Waals surface area contributed by atoms with Gasteiger partial charge in [0.1, 0.15) is 5.69 Å². The molecule has 110 valence electrons. The van der Waals surface area contributed by atoms with Crippen LogP contribution in [0.4, 0.5) is 0 Å². The Morgan fingerprint density at radius 3 is 3.05 bits per heavy atom. The van der Waals surface area contributed by atoms with E-state index in [0.717, 1.165) is 39.0 Å². The Balaban J connectivity index is 1.56. The first-order valence-corrected chi connectivity index (χ1v) is 7.95. The fourth-order valence-electron chi connectivity index (χ4n) is 3.20. The Morgan fingerprint density at radius 1 is 1.60 bits per heavy atom. The molecule has 2 saturated heterocycles. The Bertz CT molecular complexity index is 455. The average molecular weight is 296 g/mol. The highest BCUT2D eigenvalue weighted by atomic mass is 32.1. The monoisotopic (exact) mass is 296 g/mol. The van der Waals surface area contributed by atoms with Gasteiger partial charge in [0.2, 0.25) is 0 Å². The smallest absolute Gasteiger partial charge is 0.273 e. The molecule has 0 saturated carbocycles. The van der Waals surface area contributed by atoms with Gasteiger partial charge >= 0.3 is 0 Å². The molecule has 0 N–H and O–H groups in total. The number of amides is 1. The number of hydrogen-bond acceptors (Lipinski definition) is 5. The quantitative estimate of drug-likeness (QED) is 0.853. The molecule has 0 aliphatic carbocycles. The van der Waals surface area contributed by atoms with E-state index >= 15 is 0 Å². The van der Waals surface area contributed by atoms with Gasteiger partial charge in [0.05, 0.1) is 24.8 Å². The van der Waals surface area contributed by atoms with Gasteiger partial charge in [0, 0.05) is 25.6 Å². The number of hydrogen-bond donors (Lipinski definition) is 0.